The number of pyridine rings is 1. The molecule has 0 aliphatic carbocycles. The van der Waals surface area contributed by atoms with Crippen molar-refractivity contribution in [3.63, 3.8) is 0 Å². The van der Waals surface area contributed by atoms with Crippen LogP contribution in [0, 0.1) is 0 Å². The van der Waals surface area contributed by atoms with Gasteiger partial charge in [0.25, 0.3) is 0 Å². The number of rotatable bonds is 2. The van der Waals surface area contributed by atoms with E-state index in [-0.39, 0.29) is 6.10 Å². The maximum Gasteiger partial charge on any atom is 0.0682 e. The Balaban J connectivity index is 1.66. The fourth-order valence-electron chi connectivity index (χ4n) is 3.22. The quantitative estimate of drug-likeness (QED) is 0.836. The first-order valence-electron chi connectivity index (χ1n) is 6.77. The molecule has 0 aromatic carbocycles. The number of fused-ring (bicyclic) bond motifs is 1. The van der Waals surface area contributed by atoms with Gasteiger partial charge in [-0.1, -0.05) is 6.07 Å². The maximum absolute atomic E-state index is 9.75. The monoisotopic (exact) mass is 247 g/mol. The van der Waals surface area contributed by atoms with E-state index in [1.165, 1.54) is 5.56 Å². The predicted molar refractivity (Wildman–Crippen MR) is 70.1 cm³/mol. The molecule has 1 unspecified atom stereocenters. The van der Waals surface area contributed by atoms with Crippen molar-refractivity contribution in [3.8, 4) is 0 Å². The van der Waals surface area contributed by atoms with Crippen LogP contribution in [0.5, 0.6) is 0 Å². The van der Waals surface area contributed by atoms with Crippen LogP contribution in [-0.2, 0) is 6.54 Å². The van der Waals surface area contributed by atoms with E-state index in [1.807, 2.05) is 18.5 Å². The summed E-state index contributed by atoms with van der Waals surface area (Å²) >= 11 is 0. The van der Waals surface area contributed by atoms with Crippen LogP contribution in [0.1, 0.15) is 18.9 Å². The summed E-state index contributed by atoms with van der Waals surface area (Å²) in [4.78, 5) is 9.13. The molecule has 2 fully saturated rings. The minimum absolute atomic E-state index is 0.124. The minimum atomic E-state index is -0.124. The Morgan fingerprint density at radius 1 is 1.39 bits per heavy atom. The van der Waals surface area contributed by atoms with E-state index >= 15 is 0 Å². The number of hydrogen-bond acceptors (Lipinski definition) is 4. The highest BCUT2D eigenvalue weighted by Gasteiger charge is 2.37. The Hall–Kier alpha value is -0.970. The smallest absolute Gasteiger partial charge is 0.0682 e. The molecule has 0 bridgehead atoms. The van der Waals surface area contributed by atoms with Gasteiger partial charge in [-0.2, -0.15) is 0 Å². The molecule has 3 atom stereocenters. The van der Waals surface area contributed by atoms with E-state index in [9.17, 15) is 5.11 Å². The molecule has 2 aliphatic heterocycles. The van der Waals surface area contributed by atoms with E-state index in [1.54, 1.807) is 0 Å². The topological polar surface area (TPSA) is 39.6 Å². The van der Waals surface area contributed by atoms with E-state index in [4.69, 9.17) is 0 Å². The van der Waals surface area contributed by atoms with Gasteiger partial charge in [0.05, 0.1) is 6.10 Å². The summed E-state index contributed by atoms with van der Waals surface area (Å²) in [6.45, 7) is 6.23. The zero-order chi connectivity index (χ0) is 12.5. The zero-order valence-electron chi connectivity index (χ0n) is 10.9. The van der Waals surface area contributed by atoms with Crippen LogP contribution >= 0.6 is 0 Å². The van der Waals surface area contributed by atoms with Crippen LogP contribution in [-0.4, -0.2) is 57.7 Å². The van der Waals surface area contributed by atoms with E-state index in [0.29, 0.717) is 12.1 Å². The summed E-state index contributed by atoms with van der Waals surface area (Å²) in [5, 5.41) is 9.75. The lowest BCUT2D eigenvalue weighted by molar-refractivity contribution is 0.0528. The van der Waals surface area contributed by atoms with Crippen molar-refractivity contribution in [1.82, 2.24) is 14.8 Å². The summed E-state index contributed by atoms with van der Waals surface area (Å²) < 4.78 is 0. The highest BCUT2D eigenvalue weighted by Crippen LogP contribution is 2.25. The first-order chi connectivity index (χ1) is 8.72. The number of piperazine rings is 1. The molecule has 98 valence electrons. The van der Waals surface area contributed by atoms with E-state index < -0.39 is 0 Å². The molecule has 0 radical (unpaired) electrons. The van der Waals surface area contributed by atoms with Gasteiger partial charge in [-0.25, -0.2) is 0 Å². The molecule has 3 heterocycles. The lowest BCUT2D eigenvalue weighted by Gasteiger charge is -2.42. The Morgan fingerprint density at radius 2 is 2.28 bits per heavy atom. The average Bonchev–Trinajstić information content (AvgIpc) is 2.70. The lowest BCUT2D eigenvalue weighted by atomic mass is 10.1. The highest BCUT2D eigenvalue weighted by atomic mass is 16.3. The van der Waals surface area contributed by atoms with Gasteiger partial charge in [0, 0.05) is 50.7 Å². The SMILES string of the molecule is C[C@@H]1CN2C[C@H](O)CC2CN1Cc1cccnc1. The third-order valence-electron chi connectivity index (χ3n) is 4.18. The molecule has 4 heteroatoms. The molecular weight excluding hydrogens is 226 g/mol. The second-order valence-corrected chi connectivity index (χ2v) is 5.64. The number of aromatic nitrogens is 1. The van der Waals surface area contributed by atoms with Gasteiger partial charge in [0.1, 0.15) is 0 Å². The van der Waals surface area contributed by atoms with Gasteiger partial charge in [-0.15, -0.1) is 0 Å². The fourth-order valence-corrected chi connectivity index (χ4v) is 3.22. The first-order valence-corrected chi connectivity index (χ1v) is 6.77. The molecule has 1 N–H and O–H groups in total. The van der Waals surface area contributed by atoms with E-state index in [0.717, 1.165) is 32.6 Å². The normalized spacial score (nSPS) is 33.6. The fraction of sp³-hybridized carbons (Fsp3) is 0.643. The minimum Gasteiger partial charge on any atom is -0.392 e. The second kappa shape index (κ2) is 4.96. The predicted octanol–water partition coefficient (Wildman–Crippen LogP) is 0.721. The molecule has 1 aromatic rings. The van der Waals surface area contributed by atoms with Crippen molar-refractivity contribution in [2.24, 2.45) is 0 Å². The number of aliphatic hydroxyl groups is 1. The standard InChI is InChI=1S/C14H21N3O/c1-11-7-17-10-14(18)5-13(17)9-16(11)8-12-3-2-4-15-6-12/h2-4,6,11,13-14,18H,5,7-10H2,1H3/t11-,13?,14-/m1/s1. The van der Waals surface area contributed by atoms with Crippen LogP contribution in [0.3, 0.4) is 0 Å². The van der Waals surface area contributed by atoms with Crippen molar-refractivity contribution >= 4 is 0 Å². The largest absolute Gasteiger partial charge is 0.392 e. The van der Waals surface area contributed by atoms with Gasteiger partial charge < -0.3 is 5.11 Å². The molecule has 0 saturated carbocycles. The Bertz CT molecular complexity index is 397. The molecule has 2 saturated heterocycles. The number of hydrogen-bond donors (Lipinski definition) is 1. The Labute approximate surface area is 108 Å². The van der Waals surface area contributed by atoms with Crippen molar-refractivity contribution in [3.05, 3.63) is 30.1 Å². The lowest BCUT2D eigenvalue weighted by Crippen LogP contribution is -2.54. The molecule has 1 aromatic heterocycles. The van der Waals surface area contributed by atoms with Gasteiger partial charge >= 0.3 is 0 Å². The maximum atomic E-state index is 9.75. The van der Waals surface area contributed by atoms with Crippen LogP contribution in [0.4, 0.5) is 0 Å². The van der Waals surface area contributed by atoms with Crippen LogP contribution in [0.25, 0.3) is 0 Å². The molecule has 4 nitrogen and oxygen atoms in total. The van der Waals surface area contributed by atoms with Gasteiger partial charge in [-0.05, 0) is 25.0 Å². The van der Waals surface area contributed by atoms with Crippen molar-refractivity contribution in [2.45, 2.75) is 38.1 Å². The summed E-state index contributed by atoms with van der Waals surface area (Å²) in [7, 11) is 0. The zero-order valence-corrected chi connectivity index (χ0v) is 10.9. The molecule has 3 rings (SSSR count). The van der Waals surface area contributed by atoms with Crippen molar-refractivity contribution < 1.29 is 5.11 Å². The Kier molecular flexibility index (Phi) is 3.33. The van der Waals surface area contributed by atoms with Crippen LogP contribution < -0.4 is 0 Å². The second-order valence-electron chi connectivity index (χ2n) is 5.64. The van der Waals surface area contributed by atoms with E-state index in [2.05, 4.69) is 27.8 Å². The highest BCUT2D eigenvalue weighted by molar-refractivity contribution is 5.09. The number of aliphatic hydroxyl groups excluding tert-OH is 1. The summed E-state index contributed by atoms with van der Waals surface area (Å²) in [5.74, 6) is 0. The van der Waals surface area contributed by atoms with Gasteiger partial charge in [0.15, 0.2) is 0 Å². The number of nitrogens with zero attached hydrogens (tertiary/aromatic N) is 3. The Morgan fingerprint density at radius 3 is 3.06 bits per heavy atom. The van der Waals surface area contributed by atoms with Gasteiger partial charge in [-0.3, -0.25) is 14.8 Å². The van der Waals surface area contributed by atoms with Gasteiger partial charge in [0.2, 0.25) is 0 Å². The summed E-state index contributed by atoms with van der Waals surface area (Å²) in [6, 6.07) is 5.21. The van der Waals surface area contributed by atoms with Crippen LogP contribution in [0.15, 0.2) is 24.5 Å². The van der Waals surface area contributed by atoms with Crippen molar-refractivity contribution in [2.75, 3.05) is 19.6 Å². The molecule has 0 spiro atoms. The average molecular weight is 247 g/mol. The molecule has 18 heavy (non-hydrogen) atoms. The molecular formula is C14H21N3O. The third kappa shape index (κ3) is 2.41. The first kappa shape index (κ1) is 12.1. The van der Waals surface area contributed by atoms with Crippen molar-refractivity contribution in [1.29, 1.82) is 0 Å². The van der Waals surface area contributed by atoms with Crippen LogP contribution in [0.2, 0.25) is 0 Å². The third-order valence-corrected chi connectivity index (χ3v) is 4.18. The summed E-state index contributed by atoms with van der Waals surface area (Å²) in [5.41, 5.74) is 1.27. The molecule has 2 aliphatic rings. The molecule has 0 amide bonds. The summed E-state index contributed by atoms with van der Waals surface area (Å²) in [6.07, 6.45) is 4.57.